The summed E-state index contributed by atoms with van der Waals surface area (Å²) in [5.74, 6) is -0.598. The van der Waals surface area contributed by atoms with E-state index in [1.54, 1.807) is 6.07 Å². The van der Waals surface area contributed by atoms with E-state index >= 15 is 0 Å². The summed E-state index contributed by atoms with van der Waals surface area (Å²) in [6.07, 6.45) is 5.82. The van der Waals surface area contributed by atoms with Crippen LogP contribution in [-0.2, 0) is 5.51 Å². The first-order chi connectivity index (χ1) is 12.0. The SMILES string of the molecule is F[B-](F)(F)F.Fc1ccc2cc(C3CCCCCC3)[s+](C(F)(F)F)c2c1. The minimum absolute atomic E-state index is 0.00656. The van der Waals surface area contributed by atoms with Gasteiger partial charge in [0, 0.05) is 23.4 Å². The number of thiophene rings is 1. The average Bonchev–Trinajstić information content (AvgIpc) is 2.66. The maximum Gasteiger partial charge on any atom is 0.673 e. The first-order valence-corrected chi connectivity index (χ1v) is 9.39. The van der Waals surface area contributed by atoms with Gasteiger partial charge in [0.15, 0.2) is 9.58 Å². The van der Waals surface area contributed by atoms with Gasteiger partial charge in [-0.15, -0.1) is 13.2 Å². The van der Waals surface area contributed by atoms with Gasteiger partial charge in [0.05, 0.1) is 10.5 Å². The van der Waals surface area contributed by atoms with Crippen LogP contribution in [0.25, 0.3) is 10.1 Å². The lowest BCUT2D eigenvalue weighted by Crippen LogP contribution is -2.02. The van der Waals surface area contributed by atoms with Gasteiger partial charge in [0.2, 0.25) is 0 Å². The van der Waals surface area contributed by atoms with Gasteiger partial charge in [-0.05, 0) is 25.0 Å². The zero-order valence-electron chi connectivity index (χ0n) is 13.6. The van der Waals surface area contributed by atoms with Crippen LogP contribution in [0.3, 0.4) is 0 Å². The highest BCUT2D eigenvalue weighted by atomic mass is 32.2. The zero-order chi connectivity index (χ0) is 19.5. The predicted molar refractivity (Wildman–Crippen MR) is 88.3 cm³/mol. The number of alkyl halides is 3. The highest BCUT2D eigenvalue weighted by molar-refractivity contribution is 7.38. The van der Waals surface area contributed by atoms with Crippen LogP contribution >= 0.6 is 10.5 Å². The first kappa shape index (κ1) is 21.0. The fraction of sp³-hybridized carbons (Fsp3) is 0.500. The smallest absolute Gasteiger partial charge is 0.418 e. The van der Waals surface area contributed by atoms with E-state index in [4.69, 9.17) is 0 Å². The molecule has 26 heavy (non-hydrogen) atoms. The Kier molecular flexibility index (Phi) is 6.58. The minimum Gasteiger partial charge on any atom is -0.418 e. The van der Waals surface area contributed by atoms with E-state index in [1.165, 1.54) is 12.1 Å². The molecule has 1 aliphatic rings. The van der Waals surface area contributed by atoms with Crippen LogP contribution in [-0.4, -0.2) is 7.25 Å². The summed E-state index contributed by atoms with van der Waals surface area (Å²) in [6, 6.07) is 5.44. The standard InChI is InChI=1S/C16H17F4S.BF4/c17-13-8-7-12-9-14(11-5-3-1-2-4-6-11)21(15(12)10-13)16(18,19)20;2-1(3,4)5/h7-11H,1-6H2;/q+1;-1. The fourth-order valence-corrected chi connectivity index (χ4v) is 5.43. The van der Waals surface area contributed by atoms with Crippen LogP contribution in [0.2, 0.25) is 0 Å². The van der Waals surface area contributed by atoms with Gasteiger partial charge in [-0.3, -0.25) is 0 Å². The van der Waals surface area contributed by atoms with E-state index in [0.717, 1.165) is 44.6 Å². The van der Waals surface area contributed by atoms with Gasteiger partial charge >= 0.3 is 12.8 Å². The summed E-state index contributed by atoms with van der Waals surface area (Å²) in [5, 5.41) is 0.538. The minimum atomic E-state index is -6.00. The Morgan fingerprint density at radius 3 is 1.92 bits per heavy atom. The van der Waals surface area contributed by atoms with Crippen molar-refractivity contribution >= 4 is 27.8 Å². The number of rotatable bonds is 1. The fourth-order valence-electron chi connectivity index (χ4n) is 3.25. The highest BCUT2D eigenvalue weighted by Crippen LogP contribution is 2.54. The Morgan fingerprint density at radius 1 is 0.885 bits per heavy atom. The van der Waals surface area contributed by atoms with Crippen LogP contribution in [0.1, 0.15) is 49.3 Å². The molecule has 0 N–H and O–H groups in total. The molecule has 0 radical (unpaired) electrons. The number of hydrogen-bond donors (Lipinski definition) is 0. The van der Waals surface area contributed by atoms with Gasteiger partial charge in [-0.25, -0.2) is 4.39 Å². The van der Waals surface area contributed by atoms with Crippen molar-refractivity contribution in [2.45, 2.75) is 50.0 Å². The van der Waals surface area contributed by atoms with Crippen molar-refractivity contribution in [2.24, 2.45) is 0 Å². The molecule has 0 amide bonds. The second kappa shape index (κ2) is 8.14. The van der Waals surface area contributed by atoms with Crippen molar-refractivity contribution in [3.8, 4) is 0 Å². The molecule has 0 spiro atoms. The second-order valence-electron chi connectivity index (χ2n) is 6.16. The monoisotopic (exact) mass is 404 g/mol. The summed E-state index contributed by atoms with van der Waals surface area (Å²) in [6.45, 7) is 0. The molecule has 3 rings (SSSR count). The van der Waals surface area contributed by atoms with Crippen molar-refractivity contribution in [1.29, 1.82) is 0 Å². The summed E-state index contributed by atoms with van der Waals surface area (Å²) in [7, 11) is -7.95. The second-order valence-corrected chi connectivity index (χ2v) is 8.15. The molecule has 0 aliphatic heterocycles. The first-order valence-electron chi connectivity index (χ1n) is 8.16. The maximum atomic E-state index is 13.5. The molecule has 1 aliphatic carbocycles. The Labute approximate surface area is 148 Å². The summed E-state index contributed by atoms with van der Waals surface area (Å²) in [5.41, 5.74) is -4.32. The third-order valence-corrected chi connectivity index (χ3v) is 6.40. The molecule has 0 bridgehead atoms. The van der Waals surface area contributed by atoms with Crippen molar-refractivity contribution in [3.05, 3.63) is 35.0 Å². The molecular weight excluding hydrogens is 387 g/mol. The van der Waals surface area contributed by atoms with Crippen molar-refractivity contribution < 1.29 is 34.8 Å². The van der Waals surface area contributed by atoms with Crippen molar-refractivity contribution in [1.82, 2.24) is 0 Å². The highest BCUT2D eigenvalue weighted by Gasteiger charge is 2.49. The third-order valence-electron chi connectivity index (χ3n) is 4.22. The van der Waals surface area contributed by atoms with Crippen LogP contribution in [0.4, 0.5) is 34.8 Å². The number of benzene rings is 1. The van der Waals surface area contributed by atoms with E-state index in [9.17, 15) is 34.8 Å². The lowest BCUT2D eigenvalue weighted by atomic mass is 9.98. The molecule has 1 aromatic heterocycles. The molecule has 2 aromatic rings. The van der Waals surface area contributed by atoms with E-state index < -0.39 is 29.0 Å². The third kappa shape index (κ3) is 5.85. The Balaban J connectivity index is 0.000000431. The van der Waals surface area contributed by atoms with Crippen molar-refractivity contribution in [2.75, 3.05) is 0 Å². The molecule has 1 saturated carbocycles. The molecule has 1 atom stereocenters. The van der Waals surface area contributed by atoms with E-state index in [2.05, 4.69) is 0 Å². The molecule has 1 aromatic carbocycles. The number of fused-ring (bicyclic) bond motifs is 1. The quantitative estimate of drug-likeness (QED) is 0.196. The molecule has 0 nitrogen and oxygen atoms in total. The van der Waals surface area contributed by atoms with Crippen LogP contribution < -0.4 is 0 Å². The van der Waals surface area contributed by atoms with Crippen LogP contribution in [0, 0.1) is 5.82 Å². The largest absolute Gasteiger partial charge is 0.673 e. The van der Waals surface area contributed by atoms with Gasteiger partial charge in [-0.2, -0.15) is 0 Å². The Morgan fingerprint density at radius 2 is 1.42 bits per heavy atom. The molecule has 1 unspecified atom stereocenters. The maximum absolute atomic E-state index is 13.5. The Hall–Kier alpha value is -1.32. The topological polar surface area (TPSA) is 0 Å². The molecule has 1 heterocycles. The lowest BCUT2D eigenvalue weighted by molar-refractivity contribution is -0.0868. The van der Waals surface area contributed by atoms with Gasteiger partial charge < -0.3 is 17.3 Å². The van der Waals surface area contributed by atoms with Crippen LogP contribution in [0.5, 0.6) is 0 Å². The zero-order valence-corrected chi connectivity index (χ0v) is 14.5. The van der Waals surface area contributed by atoms with Gasteiger partial charge in [-0.1, -0.05) is 25.7 Å². The Bertz CT molecular complexity index is 720. The molecule has 1 fully saturated rings. The summed E-state index contributed by atoms with van der Waals surface area (Å²) < 4.78 is 93.1. The van der Waals surface area contributed by atoms with Gasteiger partial charge in [0.25, 0.3) is 0 Å². The molecule has 10 heteroatoms. The average molecular weight is 404 g/mol. The normalized spacial score (nSPS) is 17.6. The summed E-state index contributed by atoms with van der Waals surface area (Å²) >= 11 is 0. The van der Waals surface area contributed by atoms with Crippen LogP contribution in [0.15, 0.2) is 24.3 Å². The molecule has 146 valence electrons. The molecular formula is C16H17BF8S. The molecule has 0 saturated heterocycles. The number of halogens is 8. The van der Waals surface area contributed by atoms with Gasteiger partial charge in [0.1, 0.15) is 5.82 Å². The lowest BCUT2D eigenvalue weighted by Gasteiger charge is -2.10. The summed E-state index contributed by atoms with van der Waals surface area (Å²) in [4.78, 5) is 0.477. The van der Waals surface area contributed by atoms with E-state index in [1.807, 2.05) is 0 Å². The number of hydrogen-bond acceptors (Lipinski definition) is 0. The van der Waals surface area contributed by atoms with Crippen molar-refractivity contribution in [3.63, 3.8) is 0 Å². The van der Waals surface area contributed by atoms with E-state index in [-0.39, 0.29) is 10.6 Å². The predicted octanol–water partition coefficient (Wildman–Crippen LogP) is 7.94. The van der Waals surface area contributed by atoms with E-state index in [0.29, 0.717) is 10.3 Å².